The molecule has 3 N–H and O–H groups in total. The van der Waals surface area contributed by atoms with Crippen LogP contribution in [-0.4, -0.2) is 71.3 Å². The summed E-state index contributed by atoms with van der Waals surface area (Å²) in [5.74, 6) is -0.137. The number of H-pyrrole nitrogens is 1. The second kappa shape index (κ2) is 10.4. The van der Waals surface area contributed by atoms with Crippen molar-refractivity contribution in [2.75, 3.05) is 44.7 Å². The van der Waals surface area contributed by atoms with Crippen molar-refractivity contribution in [1.82, 2.24) is 25.5 Å². The van der Waals surface area contributed by atoms with Crippen molar-refractivity contribution < 1.29 is 14.3 Å². The first-order chi connectivity index (χ1) is 17.2. The Labute approximate surface area is 215 Å². The van der Waals surface area contributed by atoms with E-state index in [1.165, 1.54) is 18.4 Å². The first-order valence-electron chi connectivity index (χ1n) is 12.2. The van der Waals surface area contributed by atoms with Crippen LogP contribution in [0.4, 0.5) is 10.5 Å². The number of hydrogen-bond acceptors (Lipinski definition) is 6. The van der Waals surface area contributed by atoms with Crippen LogP contribution in [0.1, 0.15) is 34.3 Å². The van der Waals surface area contributed by atoms with Crippen LogP contribution >= 0.6 is 12.4 Å². The molecule has 1 aromatic heterocycles. The number of carbonyl (C=O) groups excluding carboxylic acids is 2. The maximum atomic E-state index is 13.6. The third-order valence-electron chi connectivity index (χ3n) is 6.91. The van der Waals surface area contributed by atoms with Crippen molar-refractivity contribution in [2.45, 2.75) is 19.4 Å². The lowest BCUT2D eigenvalue weighted by molar-refractivity contribution is 0.0207. The number of carbonyl (C=O) groups is 2. The highest BCUT2D eigenvalue weighted by Gasteiger charge is 2.35. The standard InChI is InChI=1S/C26H28N6O3.ClH/c33-25-21-19(4-3-5-20(21)27-26(34)30-32-12-14-35-15-13-32)24-22(25)23(28-29-24)18-8-6-17(7-9-18)16-31-10-1-2-11-31;/h3-9H,1-2,10-16H2,(H,28,29)(H2,27,30,34);1H. The van der Waals surface area contributed by atoms with Crippen LogP contribution < -0.4 is 10.7 Å². The van der Waals surface area contributed by atoms with Gasteiger partial charge in [0.15, 0.2) is 5.78 Å². The number of likely N-dealkylation sites (tertiary alicyclic amines) is 1. The molecule has 9 nitrogen and oxygen atoms in total. The lowest BCUT2D eigenvalue weighted by atomic mass is 10.0. The largest absolute Gasteiger partial charge is 0.379 e. The molecule has 0 saturated carbocycles. The number of anilines is 1. The van der Waals surface area contributed by atoms with Gasteiger partial charge in [0.25, 0.3) is 0 Å². The van der Waals surface area contributed by atoms with Crippen LogP contribution in [0.5, 0.6) is 0 Å². The summed E-state index contributed by atoms with van der Waals surface area (Å²) in [6, 6.07) is 13.4. The van der Waals surface area contributed by atoms with E-state index in [0.717, 1.165) is 30.8 Å². The number of rotatable bonds is 5. The Hall–Kier alpha value is -3.24. The molecule has 36 heavy (non-hydrogen) atoms. The molecule has 2 fully saturated rings. The number of fused-ring (bicyclic) bond motifs is 3. The van der Waals surface area contributed by atoms with Gasteiger partial charge in [-0.25, -0.2) is 9.80 Å². The molecular formula is C26H29ClN6O3. The minimum absolute atomic E-state index is 0. The smallest absolute Gasteiger partial charge is 0.333 e. The first-order valence-corrected chi connectivity index (χ1v) is 12.2. The van der Waals surface area contributed by atoms with Gasteiger partial charge in [-0.15, -0.1) is 12.4 Å². The summed E-state index contributed by atoms with van der Waals surface area (Å²) in [6.07, 6.45) is 2.54. The van der Waals surface area contributed by atoms with Crippen molar-refractivity contribution in [3.8, 4) is 22.5 Å². The van der Waals surface area contributed by atoms with Gasteiger partial charge in [-0.3, -0.25) is 20.2 Å². The van der Waals surface area contributed by atoms with Gasteiger partial charge in [-0.05, 0) is 37.6 Å². The molecule has 3 heterocycles. The fourth-order valence-electron chi connectivity index (χ4n) is 5.14. The number of aromatic nitrogens is 2. The number of nitrogens with zero attached hydrogens (tertiary/aromatic N) is 3. The van der Waals surface area contributed by atoms with E-state index in [0.29, 0.717) is 54.5 Å². The average molecular weight is 509 g/mol. The van der Waals surface area contributed by atoms with Crippen molar-refractivity contribution in [1.29, 1.82) is 0 Å². The van der Waals surface area contributed by atoms with Gasteiger partial charge >= 0.3 is 6.03 Å². The van der Waals surface area contributed by atoms with Crippen LogP contribution in [0.15, 0.2) is 42.5 Å². The molecule has 3 aromatic rings. The number of hydrazine groups is 1. The highest BCUT2D eigenvalue weighted by atomic mass is 35.5. The van der Waals surface area contributed by atoms with Gasteiger partial charge in [-0.2, -0.15) is 5.10 Å². The number of hydrogen-bond donors (Lipinski definition) is 3. The molecule has 1 aliphatic carbocycles. The van der Waals surface area contributed by atoms with E-state index in [4.69, 9.17) is 4.74 Å². The number of morpholine rings is 1. The molecule has 2 amide bonds. The molecule has 0 bridgehead atoms. The fourth-order valence-corrected chi connectivity index (χ4v) is 5.14. The van der Waals surface area contributed by atoms with E-state index >= 15 is 0 Å². The number of amides is 2. The number of nitrogens with one attached hydrogen (secondary N) is 3. The van der Waals surface area contributed by atoms with E-state index in [1.807, 2.05) is 29.3 Å². The van der Waals surface area contributed by atoms with Crippen molar-refractivity contribution in [3.63, 3.8) is 0 Å². The quantitative estimate of drug-likeness (QED) is 0.380. The number of urea groups is 1. The summed E-state index contributed by atoms with van der Waals surface area (Å²) in [5.41, 5.74) is 8.58. The monoisotopic (exact) mass is 508 g/mol. The van der Waals surface area contributed by atoms with Crippen molar-refractivity contribution >= 4 is 29.9 Å². The lowest BCUT2D eigenvalue weighted by Gasteiger charge is -2.27. The Balaban J connectivity index is 0.00000267. The first kappa shape index (κ1) is 24.5. The lowest BCUT2D eigenvalue weighted by Crippen LogP contribution is -2.49. The number of aromatic amines is 1. The van der Waals surface area contributed by atoms with Gasteiger partial charge in [0.1, 0.15) is 5.69 Å². The van der Waals surface area contributed by atoms with Crippen LogP contribution in [-0.2, 0) is 11.3 Å². The van der Waals surface area contributed by atoms with E-state index < -0.39 is 0 Å². The molecule has 188 valence electrons. The van der Waals surface area contributed by atoms with E-state index in [2.05, 4.69) is 38.0 Å². The number of ketones is 1. The zero-order chi connectivity index (χ0) is 23.8. The summed E-state index contributed by atoms with van der Waals surface area (Å²) < 4.78 is 5.32. The maximum Gasteiger partial charge on any atom is 0.333 e. The second-order valence-electron chi connectivity index (χ2n) is 9.22. The van der Waals surface area contributed by atoms with E-state index in [9.17, 15) is 9.59 Å². The fraction of sp³-hybridized carbons (Fsp3) is 0.346. The molecule has 0 radical (unpaired) electrons. The molecule has 10 heteroatoms. The van der Waals surface area contributed by atoms with Crippen LogP contribution in [0.3, 0.4) is 0 Å². The number of ether oxygens (including phenoxy) is 1. The predicted molar refractivity (Wildman–Crippen MR) is 139 cm³/mol. The highest BCUT2D eigenvalue weighted by molar-refractivity contribution is 6.26. The van der Waals surface area contributed by atoms with Gasteiger partial charge in [0.2, 0.25) is 0 Å². The molecule has 0 spiro atoms. The minimum Gasteiger partial charge on any atom is -0.379 e. The third kappa shape index (κ3) is 4.62. The van der Waals surface area contributed by atoms with Crippen molar-refractivity contribution in [3.05, 3.63) is 59.2 Å². The third-order valence-corrected chi connectivity index (χ3v) is 6.91. The van der Waals surface area contributed by atoms with Crippen LogP contribution in [0.25, 0.3) is 22.5 Å². The Morgan fingerprint density at radius 1 is 1.00 bits per heavy atom. The molecule has 0 atom stereocenters. The SMILES string of the molecule is Cl.O=C(Nc1cccc2c1C(=O)c1c(-c3ccc(CN4CCCC4)cc3)n[nH]c1-2)NN1CCOCC1. The highest BCUT2D eigenvalue weighted by Crippen LogP contribution is 2.42. The van der Waals surface area contributed by atoms with Crippen LogP contribution in [0.2, 0.25) is 0 Å². The van der Waals surface area contributed by atoms with Gasteiger partial charge in [0, 0.05) is 30.8 Å². The molecule has 3 aliphatic rings. The molecule has 6 rings (SSSR count). The molecule has 2 aliphatic heterocycles. The van der Waals surface area contributed by atoms with E-state index in [-0.39, 0.29) is 24.2 Å². The summed E-state index contributed by atoms with van der Waals surface area (Å²) in [6.45, 7) is 5.65. The Morgan fingerprint density at radius 3 is 2.50 bits per heavy atom. The Bertz CT molecular complexity index is 1260. The zero-order valence-corrected chi connectivity index (χ0v) is 20.7. The summed E-state index contributed by atoms with van der Waals surface area (Å²) in [4.78, 5) is 28.6. The Kier molecular flexibility index (Phi) is 7.06. The second-order valence-corrected chi connectivity index (χ2v) is 9.22. The molecule has 2 saturated heterocycles. The molecular weight excluding hydrogens is 480 g/mol. The average Bonchev–Trinajstić information content (AvgIpc) is 3.60. The number of halogens is 1. The molecule has 0 unspecified atom stereocenters. The normalized spacial score (nSPS) is 17.4. The van der Waals surface area contributed by atoms with Crippen LogP contribution in [0, 0.1) is 0 Å². The van der Waals surface area contributed by atoms with Gasteiger partial charge in [-0.1, -0.05) is 36.4 Å². The summed E-state index contributed by atoms with van der Waals surface area (Å²) >= 11 is 0. The summed E-state index contributed by atoms with van der Waals surface area (Å²) in [5, 5.41) is 12.2. The van der Waals surface area contributed by atoms with E-state index in [1.54, 1.807) is 6.07 Å². The molecule has 2 aromatic carbocycles. The summed E-state index contributed by atoms with van der Waals surface area (Å²) in [7, 11) is 0. The Morgan fingerprint density at radius 2 is 1.75 bits per heavy atom. The minimum atomic E-state index is -0.379. The zero-order valence-electron chi connectivity index (χ0n) is 19.9. The van der Waals surface area contributed by atoms with Gasteiger partial charge < -0.3 is 10.1 Å². The topological polar surface area (TPSA) is 103 Å². The predicted octanol–water partition coefficient (Wildman–Crippen LogP) is 3.67. The number of benzene rings is 2. The maximum absolute atomic E-state index is 13.6. The van der Waals surface area contributed by atoms with Gasteiger partial charge in [0.05, 0.1) is 35.7 Å². The van der Waals surface area contributed by atoms with Crippen molar-refractivity contribution in [2.24, 2.45) is 0 Å².